The fourth-order valence-electron chi connectivity index (χ4n) is 15.8. The number of benzene rings is 4. The van der Waals surface area contributed by atoms with E-state index in [9.17, 15) is 20.1 Å². The van der Waals surface area contributed by atoms with Crippen LogP contribution in [0.1, 0.15) is 191 Å². The molecule has 2 bridgehead atoms. The van der Waals surface area contributed by atoms with Crippen molar-refractivity contribution in [3.8, 4) is 5.75 Å². The first kappa shape index (κ1) is 53.4. The van der Waals surface area contributed by atoms with Crippen molar-refractivity contribution >= 4 is 22.9 Å². The molecule has 7 aliphatic rings. The van der Waals surface area contributed by atoms with Crippen LogP contribution in [-0.2, 0) is 42.2 Å². The molecule has 0 saturated heterocycles. The van der Waals surface area contributed by atoms with Gasteiger partial charge in [-0.15, -0.1) is 0 Å². The molecule has 9 atom stereocenters. The van der Waals surface area contributed by atoms with Crippen molar-refractivity contribution < 1.29 is 48.3 Å². The van der Waals surface area contributed by atoms with Gasteiger partial charge in [0.15, 0.2) is 17.8 Å². The fraction of sp³-hybridized carbons (Fsp3) is 0.530. The zero-order valence-electron chi connectivity index (χ0n) is 45.2. The van der Waals surface area contributed by atoms with Crippen molar-refractivity contribution in [2.45, 2.75) is 177 Å². The summed E-state index contributed by atoms with van der Waals surface area (Å²) < 4.78 is 33.4. The van der Waals surface area contributed by atoms with Gasteiger partial charge in [-0.05, 0) is 159 Å². The fourth-order valence-corrected chi connectivity index (χ4v) is 15.8. The number of rotatable bonds is 10. The second kappa shape index (κ2) is 23.0. The van der Waals surface area contributed by atoms with Gasteiger partial charge < -0.3 is 38.7 Å². The molecule has 4 aromatic carbocycles. The molecule has 0 amide bonds. The number of carbonyl (C=O) groups excluding carboxylic acids is 2. The van der Waals surface area contributed by atoms with Crippen LogP contribution in [0.25, 0.3) is 11.0 Å². The molecule has 3 aliphatic heterocycles. The van der Waals surface area contributed by atoms with E-state index in [0.29, 0.717) is 47.1 Å². The number of fused-ring (bicyclic) bond motifs is 13. The Kier molecular flexibility index (Phi) is 16.0. The Morgan fingerprint density at radius 2 is 1.53 bits per heavy atom. The number of hydrogen-bond acceptors (Lipinski definition) is 11. The van der Waals surface area contributed by atoms with Crippen LogP contribution in [0.2, 0.25) is 0 Å². The van der Waals surface area contributed by atoms with Crippen molar-refractivity contribution in [2.75, 3.05) is 26.9 Å². The summed E-state index contributed by atoms with van der Waals surface area (Å²) >= 11 is 0. The van der Waals surface area contributed by atoms with Gasteiger partial charge in [0.1, 0.15) is 11.3 Å². The minimum Gasteiger partial charge on any atom is -0.482 e. The summed E-state index contributed by atoms with van der Waals surface area (Å²) in [5, 5.41) is 32.3. The molecule has 4 heterocycles. The predicted molar refractivity (Wildman–Crippen MR) is 295 cm³/mol. The van der Waals surface area contributed by atoms with Gasteiger partial charge >= 0.3 is 17.6 Å². The van der Waals surface area contributed by atoms with Crippen LogP contribution in [0.3, 0.4) is 0 Å². The largest absolute Gasteiger partial charge is 0.482 e. The lowest BCUT2D eigenvalue weighted by Gasteiger charge is -2.56. The summed E-state index contributed by atoms with van der Waals surface area (Å²) in [7, 11) is 1.52. The molecule has 4 fully saturated rings. The van der Waals surface area contributed by atoms with Crippen molar-refractivity contribution in [3.05, 3.63) is 157 Å². The zero-order valence-corrected chi connectivity index (χ0v) is 45.2. The Morgan fingerprint density at radius 1 is 0.753 bits per heavy atom. The van der Waals surface area contributed by atoms with Crippen LogP contribution in [0.15, 0.2) is 111 Å². The van der Waals surface area contributed by atoms with Crippen LogP contribution in [-0.4, -0.2) is 65.9 Å². The molecule has 0 radical (unpaired) electrons. The summed E-state index contributed by atoms with van der Waals surface area (Å²) in [6.07, 6.45) is 13.5. The molecule has 77 heavy (non-hydrogen) atoms. The molecular formula is C66H78O11. The highest BCUT2D eigenvalue weighted by Crippen LogP contribution is 2.58. The van der Waals surface area contributed by atoms with Gasteiger partial charge in [-0.3, -0.25) is 4.79 Å². The Labute approximate surface area is 453 Å². The molecule has 12 rings (SSSR count). The number of hydrogen-bond donors (Lipinski definition) is 3. The number of aliphatic hydroxyl groups is 3. The lowest BCUT2D eigenvalue weighted by atomic mass is 9.59. The maximum atomic E-state index is 15.6. The van der Waals surface area contributed by atoms with E-state index in [4.69, 9.17) is 23.4 Å². The van der Waals surface area contributed by atoms with E-state index in [1.807, 2.05) is 6.07 Å². The van der Waals surface area contributed by atoms with Gasteiger partial charge in [-0.1, -0.05) is 117 Å². The van der Waals surface area contributed by atoms with Gasteiger partial charge in [-0.25, -0.2) is 9.59 Å². The second-order valence-electron chi connectivity index (χ2n) is 23.7. The number of ether oxygens (including phenoxy) is 4. The van der Waals surface area contributed by atoms with Crippen molar-refractivity contribution in [1.82, 2.24) is 0 Å². The molecule has 408 valence electrons. The van der Waals surface area contributed by atoms with Gasteiger partial charge in [0, 0.05) is 53.9 Å². The topological polar surface area (TPSA) is 162 Å². The molecule has 1 spiro atoms. The Morgan fingerprint density at radius 3 is 2.30 bits per heavy atom. The minimum absolute atomic E-state index is 0.0349. The lowest BCUT2D eigenvalue weighted by molar-refractivity contribution is -0.217. The van der Waals surface area contributed by atoms with Gasteiger partial charge in [0.25, 0.3) is 0 Å². The van der Waals surface area contributed by atoms with Crippen LogP contribution in [0.5, 0.6) is 5.75 Å². The van der Waals surface area contributed by atoms with Crippen LogP contribution in [0, 0.1) is 17.8 Å². The van der Waals surface area contributed by atoms with E-state index in [1.54, 1.807) is 13.0 Å². The number of carbonyl (C=O) groups is 2. The Bertz CT molecular complexity index is 3000. The highest BCUT2D eigenvalue weighted by Gasteiger charge is 2.62. The zero-order chi connectivity index (χ0) is 53.3. The van der Waals surface area contributed by atoms with Crippen LogP contribution < -0.4 is 10.4 Å². The van der Waals surface area contributed by atoms with Crippen molar-refractivity contribution in [3.63, 3.8) is 0 Å². The summed E-state index contributed by atoms with van der Waals surface area (Å²) in [6.45, 7) is 0.785. The monoisotopic (exact) mass is 1050 g/mol. The van der Waals surface area contributed by atoms with Gasteiger partial charge in [0.2, 0.25) is 0 Å². The lowest BCUT2D eigenvalue weighted by Crippen LogP contribution is -2.63. The standard InChI is InChI=1S/C66H78O11/c1-41(38-68)51-26-22-42-20-23-43(24-21-42)52-27-25-46(45-14-11-18-50(36-45)65(31-9-4-10-32-65)49-16-5-3-6-17-49)35-48(52)37-57(70)74-61-59-56(77-66(62(61)76-63(51)71)33-12-15-44-13-7-8-19-55(44)66)29-28-53-54(39-69)58(64(72)75-60(53)59)47(30-34-67)40-73-2/h3,5-6,11,14,16-18,20-21,23-24,28-29,36,44,46-48,52,55,61-62,67-69H,4,7-10,12-13,15,19,22,25-27,30-35,37-40H2,1-2H3. The molecule has 4 saturated carbocycles. The molecule has 1 aromatic heterocycles. The first-order chi connectivity index (χ1) is 37.6. The van der Waals surface area contributed by atoms with E-state index < -0.39 is 47.9 Å². The van der Waals surface area contributed by atoms with E-state index in [0.717, 1.165) is 76.2 Å². The van der Waals surface area contributed by atoms with E-state index in [2.05, 4.69) is 78.9 Å². The van der Waals surface area contributed by atoms with Crippen LogP contribution in [0.4, 0.5) is 0 Å². The molecule has 5 aromatic rings. The smallest absolute Gasteiger partial charge is 0.340 e. The number of aryl methyl sites for hydroxylation is 1. The number of aliphatic hydroxyl groups excluding tert-OH is 3. The summed E-state index contributed by atoms with van der Waals surface area (Å²) in [5.74, 6) is -0.831. The molecule has 4 aliphatic carbocycles. The first-order valence-corrected chi connectivity index (χ1v) is 29.1. The van der Waals surface area contributed by atoms with Crippen LogP contribution >= 0.6 is 0 Å². The average Bonchev–Trinajstić information content (AvgIpc) is 3.62. The molecule has 11 heteroatoms. The van der Waals surface area contributed by atoms with Gasteiger partial charge in [0.05, 0.1) is 25.4 Å². The first-order valence-electron chi connectivity index (χ1n) is 29.1. The maximum absolute atomic E-state index is 15.6. The maximum Gasteiger partial charge on any atom is 0.340 e. The molecule has 9 unspecified atom stereocenters. The molecule has 11 nitrogen and oxygen atoms in total. The van der Waals surface area contributed by atoms with E-state index >= 15 is 9.59 Å². The highest BCUT2D eigenvalue weighted by molar-refractivity contribution is 5.90. The predicted octanol–water partition coefficient (Wildman–Crippen LogP) is 12.3. The normalized spacial score (nSPS) is 28.5. The third-order valence-corrected chi connectivity index (χ3v) is 19.6. The van der Waals surface area contributed by atoms with E-state index in [1.165, 1.54) is 48.6 Å². The third kappa shape index (κ3) is 10.1. The molecule has 3 N–H and O–H groups in total. The van der Waals surface area contributed by atoms with E-state index in [-0.39, 0.29) is 84.4 Å². The molecular weight excluding hydrogens is 969 g/mol. The quantitative estimate of drug-likeness (QED) is 0.0693. The van der Waals surface area contributed by atoms with Crippen molar-refractivity contribution in [1.29, 1.82) is 0 Å². The third-order valence-electron chi connectivity index (χ3n) is 19.6. The Hall–Kier alpha value is -5.59. The van der Waals surface area contributed by atoms with Crippen molar-refractivity contribution in [2.24, 2.45) is 17.8 Å². The second-order valence-corrected chi connectivity index (χ2v) is 23.7. The summed E-state index contributed by atoms with van der Waals surface area (Å²) in [6, 6.07) is 32.6. The SMILES string of the molecule is COCC(CCO)c1c(CO)c2ccc3c(c2oc1=O)C1OC(=O)CC2CC(c4cccc(C5(c6ccccc6)CCCCC5)c4)CCC2c2ccc(cc2)CCC(=C(C)CO)C(=O)OC1C1(CCCC2CCCCC21)O3. The number of methoxy groups -OCH3 is 1. The van der Waals surface area contributed by atoms with Gasteiger partial charge in [-0.2, -0.15) is 0 Å². The Balaban J connectivity index is 1.05. The average molecular weight is 1050 g/mol. The minimum atomic E-state index is -1.27. The summed E-state index contributed by atoms with van der Waals surface area (Å²) in [4.78, 5) is 45.3. The summed E-state index contributed by atoms with van der Waals surface area (Å²) in [5.41, 5.74) is 6.17. The number of esters is 2. The highest BCUT2D eigenvalue weighted by atomic mass is 16.6.